The van der Waals surface area contributed by atoms with E-state index in [1.165, 1.54) is 16.6 Å². The minimum absolute atomic E-state index is 0.256. The summed E-state index contributed by atoms with van der Waals surface area (Å²) in [6, 6.07) is 7.76. The molecular weight excluding hydrogens is 302 g/mol. The van der Waals surface area contributed by atoms with Crippen molar-refractivity contribution < 1.29 is 9.53 Å². The first-order valence-corrected chi connectivity index (χ1v) is 7.83. The van der Waals surface area contributed by atoms with Gasteiger partial charge >= 0.3 is 0 Å². The van der Waals surface area contributed by atoms with Crippen molar-refractivity contribution in [3.63, 3.8) is 0 Å². The summed E-state index contributed by atoms with van der Waals surface area (Å²) in [5, 5.41) is 15.5. The van der Waals surface area contributed by atoms with E-state index < -0.39 is 0 Å². The van der Waals surface area contributed by atoms with E-state index >= 15 is 0 Å². The number of thioether (sulfide) groups is 1. The third-order valence-corrected chi connectivity index (χ3v) is 4.16. The maximum absolute atomic E-state index is 11.7. The van der Waals surface area contributed by atoms with Gasteiger partial charge in [-0.25, -0.2) is 0 Å². The average molecular weight is 317 g/mol. The van der Waals surface area contributed by atoms with E-state index in [-0.39, 0.29) is 5.91 Å². The summed E-state index contributed by atoms with van der Waals surface area (Å²) in [6.07, 6.45) is 0. The number of ether oxygens (including phenoxy) is 1. The van der Waals surface area contributed by atoms with Crippen LogP contribution in [-0.4, -0.2) is 46.1 Å². The highest BCUT2D eigenvalue weighted by Crippen LogP contribution is 2.27. The number of amides is 1. The third kappa shape index (κ3) is 2.69. The maximum Gasteiger partial charge on any atom is 0.274 e. The van der Waals surface area contributed by atoms with E-state index in [2.05, 4.69) is 20.7 Å². The largest absolute Gasteiger partial charge is 0.494 e. The lowest BCUT2D eigenvalue weighted by molar-refractivity contribution is 0.0955. The van der Waals surface area contributed by atoms with Crippen LogP contribution >= 0.6 is 11.8 Å². The van der Waals surface area contributed by atoms with Crippen LogP contribution in [0.3, 0.4) is 0 Å². The molecule has 0 saturated carbocycles. The number of rotatable bonds is 4. The molecule has 114 valence electrons. The van der Waals surface area contributed by atoms with Gasteiger partial charge in [-0.05, 0) is 42.0 Å². The average Bonchev–Trinajstić information content (AvgIpc) is 2.98. The molecule has 1 amide bonds. The van der Waals surface area contributed by atoms with Crippen LogP contribution in [0.2, 0.25) is 0 Å². The molecule has 0 bridgehead atoms. The minimum Gasteiger partial charge on any atom is -0.494 e. The number of aromatic nitrogens is 3. The quantitative estimate of drug-likeness (QED) is 0.921. The summed E-state index contributed by atoms with van der Waals surface area (Å²) < 4.78 is 5.43. The first kappa shape index (κ1) is 14.6. The number of benzene rings is 1. The lowest BCUT2D eigenvalue weighted by Crippen LogP contribution is -2.20. The summed E-state index contributed by atoms with van der Waals surface area (Å²) in [7, 11) is 1.57. The van der Waals surface area contributed by atoms with Gasteiger partial charge in [0.15, 0.2) is 10.7 Å². The molecule has 0 aliphatic carbocycles. The van der Waals surface area contributed by atoms with Gasteiger partial charge in [-0.15, -0.1) is 9.89 Å². The van der Waals surface area contributed by atoms with Crippen LogP contribution in [-0.2, 0) is 0 Å². The van der Waals surface area contributed by atoms with Gasteiger partial charge in [0.1, 0.15) is 5.75 Å². The number of hydrogen-bond donors (Lipinski definition) is 1. The number of nitrogens with zero attached hydrogens (tertiary/aromatic N) is 4. The number of fused-ring (bicyclic) bond motifs is 1. The summed E-state index contributed by atoms with van der Waals surface area (Å²) >= 11 is 1.50. The molecule has 7 nitrogen and oxygen atoms in total. The Hall–Kier alpha value is -2.35. The molecule has 3 rings (SSSR count). The van der Waals surface area contributed by atoms with Gasteiger partial charge in [-0.3, -0.25) is 4.79 Å². The van der Waals surface area contributed by atoms with Crippen LogP contribution in [0.15, 0.2) is 34.4 Å². The Labute approximate surface area is 131 Å². The highest BCUT2D eigenvalue weighted by atomic mass is 32.2. The number of carbonyl (C=O) groups is 1. The second-order valence-corrected chi connectivity index (χ2v) is 5.47. The van der Waals surface area contributed by atoms with Gasteiger partial charge in [-0.2, -0.15) is 5.10 Å². The first-order chi connectivity index (χ1) is 10.7. The molecule has 8 heteroatoms. The second kappa shape index (κ2) is 6.18. The van der Waals surface area contributed by atoms with Crippen molar-refractivity contribution in [2.75, 3.05) is 19.4 Å². The molecule has 2 aromatic rings. The van der Waals surface area contributed by atoms with Crippen molar-refractivity contribution in [2.45, 2.75) is 11.9 Å². The van der Waals surface area contributed by atoms with Gasteiger partial charge in [-0.1, -0.05) is 11.8 Å². The van der Waals surface area contributed by atoms with Crippen molar-refractivity contribution in [3.8, 4) is 5.75 Å². The Morgan fingerprint density at radius 3 is 2.86 bits per heavy atom. The SMILES string of the molecule is CCOc1ccc(C2=Nn3nnc(C(=O)NC)c3SC2)cc1. The van der Waals surface area contributed by atoms with Crippen molar-refractivity contribution in [1.29, 1.82) is 0 Å². The van der Waals surface area contributed by atoms with Crippen molar-refractivity contribution >= 4 is 23.4 Å². The topological polar surface area (TPSA) is 81.4 Å². The Kier molecular flexibility index (Phi) is 4.10. The van der Waals surface area contributed by atoms with Gasteiger partial charge in [0.05, 0.1) is 12.3 Å². The molecule has 1 aromatic carbocycles. The number of carbonyl (C=O) groups excluding carboxylic acids is 1. The molecule has 0 spiro atoms. The van der Waals surface area contributed by atoms with E-state index in [9.17, 15) is 4.79 Å². The molecule has 0 unspecified atom stereocenters. The predicted molar refractivity (Wildman–Crippen MR) is 83.7 cm³/mol. The number of hydrogen-bond acceptors (Lipinski definition) is 6. The van der Waals surface area contributed by atoms with Crippen LogP contribution in [0.25, 0.3) is 0 Å². The Balaban J connectivity index is 1.88. The molecular formula is C14H15N5O2S. The molecule has 1 aromatic heterocycles. The molecule has 22 heavy (non-hydrogen) atoms. The molecule has 0 saturated heterocycles. The van der Waals surface area contributed by atoms with Crippen LogP contribution in [0.1, 0.15) is 23.0 Å². The first-order valence-electron chi connectivity index (χ1n) is 6.84. The van der Waals surface area contributed by atoms with E-state index in [1.54, 1.807) is 7.05 Å². The van der Waals surface area contributed by atoms with Crippen LogP contribution in [0.4, 0.5) is 0 Å². The minimum atomic E-state index is -0.256. The Morgan fingerprint density at radius 1 is 1.41 bits per heavy atom. The normalized spacial score (nSPS) is 13.3. The van der Waals surface area contributed by atoms with Crippen LogP contribution in [0, 0.1) is 0 Å². The van der Waals surface area contributed by atoms with E-state index in [4.69, 9.17) is 4.74 Å². The van der Waals surface area contributed by atoms with Crippen molar-refractivity contribution in [3.05, 3.63) is 35.5 Å². The smallest absolute Gasteiger partial charge is 0.274 e. The summed E-state index contributed by atoms with van der Waals surface area (Å²) in [5.41, 5.74) is 2.19. The molecule has 1 aliphatic heterocycles. The van der Waals surface area contributed by atoms with Gasteiger partial charge < -0.3 is 10.1 Å². The van der Waals surface area contributed by atoms with E-state index in [0.717, 1.165) is 17.0 Å². The van der Waals surface area contributed by atoms with Gasteiger partial charge in [0, 0.05) is 12.8 Å². The zero-order chi connectivity index (χ0) is 15.5. The standard InChI is InChI=1S/C14H15N5O2S/c1-3-21-10-6-4-9(5-7-10)11-8-22-14-12(13(20)15-2)16-18-19(14)17-11/h4-7H,3,8H2,1-2H3,(H,15,20). The molecule has 0 fully saturated rings. The fourth-order valence-electron chi connectivity index (χ4n) is 2.05. The van der Waals surface area contributed by atoms with Crippen LogP contribution in [0.5, 0.6) is 5.75 Å². The zero-order valence-electron chi connectivity index (χ0n) is 12.2. The van der Waals surface area contributed by atoms with E-state index in [0.29, 0.717) is 23.1 Å². The predicted octanol–water partition coefficient (Wildman–Crippen LogP) is 1.39. The fourth-order valence-corrected chi connectivity index (χ4v) is 3.01. The zero-order valence-corrected chi connectivity index (χ0v) is 13.1. The van der Waals surface area contributed by atoms with E-state index in [1.807, 2.05) is 31.2 Å². The maximum atomic E-state index is 11.7. The second-order valence-electron chi connectivity index (χ2n) is 4.50. The lowest BCUT2D eigenvalue weighted by atomic mass is 10.1. The Morgan fingerprint density at radius 2 is 2.18 bits per heavy atom. The molecule has 2 heterocycles. The van der Waals surface area contributed by atoms with Gasteiger partial charge in [0.25, 0.3) is 5.91 Å². The highest BCUT2D eigenvalue weighted by molar-refractivity contribution is 8.00. The molecule has 0 radical (unpaired) electrons. The third-order valence-electron chi connectivity index (χ3n) is 3.12. The highest BCUT2D eigenvalue weighted by Gasteiger charge is 2.23. The van der Waals surface area contributed by atoms with Crippen molar-refractivity contribution in [2.24, 2.45) is 5.10 Å². The fraction of sp³-hybridized carbons (Fsp3) is 0.286. The monoisotopic (exact) mass is 317 g/mol. The molecule has 1 aliphatic rings. The Bertz CT molecular complexity index is 723. The van der Waals surface area contributed by atoms with Gasteiger partial charge in [0.2, 0.25) is 0 Å². The molecule has 0 atom stereocenters. The summed E-state index contributed by atoms with van der Waals surface area (Å²) in [4.78, 5) is 13.1. The lowest BCUT2D eigenvalue weighted by Gasteiger charge is -2.13. The summed E-state index contributed by atoms with van der Waals surface area (Å²) in [6.45, 7) is 2.59. The molecule has 1 N–H and O–H groups in total. The summed E-state index contributed by atoms with van der Waals surface area (Å²) in [5.74, 6) is 1.23. The van der Waals surface area contributed by atoms with Crippen molar-refractivity contribution in [1.82, 2.24) is 20.4 Å². The van der Waals surface area contributed by atoms with Crippen LogP contribution < -0.4 is 10.1 Å². The number of nitrogens with one attached hydrogen (secondary N) is 1.